The standard InChI is InChI=1S/C13H19BrN2OS.ClH/c1-16(7-9-5-12(14)18-8-9)13(17)6-10-3-2-4-11(10)15;/h5,8,10-11H,2-4,6-7,15H2,1H3;1H/t10-,11+;/m0./s1. The molecule has 0 aliphatic heterocycles. The second kappa shape index (κ2) is 7.62. The molecule has 1 aromatic rings. The molecule has 3 nitrogen and oxygen atoms in total. The summed E-state index contributed by atoms with van der Waals surface area (Å²) >= 11 is 5.09. The highest BCUT2D eigenvalue weighted by atomic mass is 79.9. The third kappa shape index (κ3) is 4.74. The minimum atomic E-state index is 0. The zero-order valence-corrected chi connectivity index (χ0v) is 14.2. The Hall–Kier alpha value is -0.100. The molecule has 0 radical (unpaired) electrons. The summed E-state index contributed by atoms with van der Waals surface area (Å²) in [6.45, 7) is 0.683. The lowest BCUT2D eigenvalue weighted by Gasteiger charge is -2.20. The van der Waals surface area contributed by atoms with Crippen molar-refractivity contribution in [1.82, 2.24) is 4.90 Å². The Balaban J connectivity index is 0.00000180. The largest absolute Gasteiger partial charge is 0.341 e. The maximum atomic E-state index is 12.1. The summed E-state index contributed by atoms with van der Waals surface area (Å²) in [4.78, 5) is 13.9. The third-order valence-electron chi connectivity index (χ3n) is 3.62. The lowest BCUT2D eigenvalue weighted by Crippen LogP contribution is -2.32. The van der Waals surface area contributed by atoms with Gasteiger partial charge in [0.25, 0.3) is 0 Å². The Kier molecular flexibility index (Phi) is 6.80. The van der Waals surface area contributed by atoms with E-state index in [9.17, 15) is 4.79 Å². The van der Waals surface area contributed by atoms with Crippen molar-refractivity contribution in [3.8, 4) is 0 Å². The monoisotopic (exact) mass is 366 g/mol. The van der Waals surface area contributed by atoms with Crippen molar-refractivity contribution in [2.45, 2.75) is 38.3 Å². The highest BCUT2D eigenvalue weighted by molar-refractivity contribution is 9.11. The fraction of sp³-hybridized carbons (Fsp3) is 0.615. The van der Waals surface area contributed by atoms with Gasteiger partial charge in [-0.3, -0.25) is 4.79 Å². The van der Waals surface area contributed by atoms with Gasteiger partial charge >= 0.3 is 0 Å². The summed E-state index contributed by atoms with van der Waals surface area (Å²) in [5.74, 6) is 0.592. The zero-order valence-electron chi connectivity index (χ0n) is 11.0. The number of hydrogen-bond donors (Lipinski definition) is 1. The average molecular weight is 368 g/mol. The fourth-order valence-corrected chi connectivity index (χ4v) is 3.69. The first-order valence-corrected chi connectivity index (χ1v) is 7.96. The Labute approximate surface area is 133 Å². The van der Waals surface area contributed by atoms with Crippen molar-refractivity contribution in [3.63, 3.8) is 0 Å². The topological polar surface area (TPSA) is 46.3 Å². The minimum absolute atomic E-state index is 0. The molecule has 0 bridgehead atoms. The van der Waals surface area contributed by atoms with Gasteiger partial charge in [0.2, 0.25) is 5.91 Å². The molecule has 2 rings (SSSR count). The molecule has 1 heterocycles. The molecular weight excluding hydrogens is 348 g/mol. The summed E-state index contributed by atoms with van der Waals surface area (Å²) < 4.78 is 1.11. The normalized spacial score (nSPS) is 22.1. The smallest absolute Gasteiger partial charge is 0.222 e. The van der Waals surface area contributed by atoms with E-state index in [1.54, 1.807) is 16.2 Å². The molecule has 0 saturated heterocycles. The summed E-state index contributed by atoms with van der Waals surface area (Å²) in [6, 6.07) is 2.29. The number of thiophene rings is 1. The van der Waals surface area contributed by atoms with Crippen molar-refractivity contribution in [2.75, 3.05) is 7.05 Å². The van der Waals surface area contributed by atoms with Gasteiger partial charge in [0.15, 0.2) is 0 Å². The average Bonchev–Trinajstić information content (AvgIpc) is 2.89. The number of nitrogens with two attached hydrogens (primary N) is 1. The van der Waals surface area contributed by atoms with Gasteiger partial charge < -0.3 is 10.6 Å². The van der Waals surface area contributed by atoms with E-state index in [0.29, 0.717) is 18.9 Å². The number of halogens is 2. The van der Waals surface area contributed by atoms with Gasteiger partial charge in [-0.2, -0.15) is 0 Å². The molecule has 0 spiro atoms. The minimum Gasteiger partial charge on any atom is -0.341 e. The molecule has 1 amide bonds. The van der Waals surface area contributed by atoms with Crippen LogP contribution in [0.2, 0.25) is 0 Å². The van der Waals surface area contributed by atoms with Crippen LogP contribution in [-0.2, 0) is 11.3 Å². The molecule has 1 aromatic heterocycles. The molecule has 1 aliphatic carbocycles. The van der Waals surface area contributed by atoms with Gasteiger partial charge in [-0.25, -0.2) is 0 Å². The quantitative estimate of drug-likeness (QED) is 0.886. The van der Waals surface area contributed by atoms with Crippen molar-refractivity contribution < 1.29 is 4.79 Å². The maximum absolute atomic E-state index is 12.1. The molecule has 2 atom stereocenters. The van der Waals surface area contributed by atoms with Crippen LogP contribution >= 0.6 is 39.7 Å². The number of carbonyl (C=O) groups excluding carboxylic acids is 1. The summed E-state index contributed by atoms with van der Waals surface area (Å²) in [5, 5.41) is 2.08. The van der Waals surface area contributed by atoms with Gasteiger partial charge in [-0.15, -0.1) is 23.7 Å². The molecular formula is C13H20BrClN2OS. The van der Waals surface area contributed by atoms with E-state index in [1.165, 1.54) is 12.0 Å². The molecule has 1 saturated carbocycles. The van der Waals surface area contributed by atoms with Crippen molar-refractivity contribution in [2.24, 2.45) is 11.7 Å². The predicted octanol–water partition coefficient (Wildman–Crippen LogP) is 3.41. The van der Waals surface area contributed by atoms with Gasteiger partial charge in [0.1, 0.15) is 0 Å². The zero-order chi connectivity index (χ0) is 13.1. The van der Waals surface area contributed by atoms with E-state index >= 15 is 0 Å². The SMILES string of the molecule is CN(Cc1csc(Br)c1)C(=O)C[C@@H]1CCC[C@H]1N.Cl. The van der Waals surface area contributed by atoms with Crippen LogP contribution in [0.1, 0.15) is 31.2 Å². The molecule has 108 valence electrons. The Morgan fingerprint density at radius 1 is 1.58 bits per heavy atom. The van der Waals surface area contributed by atoms with E-state index in [1.807, 2.05) is 7.05 Å². The van der Waals surface area contributed by atoms with Crippen LogP contribution in [0.5, 0.6) is 0 Å². The molecule has 2 N–H and O–H groups in total. The van der Waals surface area contributed by atoms with E-state index in [2.05, 4.69) is 27.4 Å². The van der Waals surface area contributed by atoms with Crippen LogP contribution in [0, 0.1) is 5.92 Å². The second-order valence-electron chi connectivity index (χ2n) is 5.07. The summed E-state index contributed by atoms with van der Waals surface area (Å²) in [7, 11) is 1.87. The first-order valence-electron chi connectivity index (χ1n) is 6.28. The highest BCUT2D eigenvalue weighted by Crippen LogP contribution is 2.27. The van der Waals surface area contributed by atoms with Crippen molar-refractivity contribution >= 4 is 45.6 Å². The van der Waals surface area contributed by atoms with Crippen molar-refractivity contribution in [1.29, 1.82) is 0 Å². The van der Waals surface area contributed by atoms with E-state index in [0.717, 1.165) is 16.6 Å². The molecule has 6 heteroatoms. The van der Waals surface area contributed by atoms with Gasteiger partial charge in [-0.05, 0) is 51.7 Å². The molecule has 0 aromatic carbocycles. The summed E-state index contributed by atoms with van der Waals surface area (Å²) in [5.41, 5.74) is 7.19. The number of nitrogens with zero attached hydrogens (tertiary/aromatic N) is 1. The van der Waals surface area contributed by atoms with Crippen LogP contribution in [0.25, 0.3) is 0 Å². The number of carbonyl (C=O) groups is 1. The van der Waals surface area contributed by atoms with Crippen molar-refractivity contribution in [3.05, 3.63) is 20.8 Å². The third-order valence-corrected chi connectivity index (χ3v) is 5.18. The molecule has 19 heavy (non-hydrogen) atoms. The Morgan fingerprint density at radius 3 is 2.84 bits per heavy atom. The number of rotatable bonds is 4. The predicted molar refractivity (Wildman–Crippen MR) is 85.7 cm³/mol. The van der Waals surface area contributed by atoms with Gasteiger partial charge in [0.05, 0.1) is 3.79 Å². The number of hydrogen-bond acceptors (Lipinski definition) is 3. The van der Waals surface area contributed by atoms with Crippen LogP contribution < -0.4 is 5.73 Å². The van der Waals surface area contributed by atoms with Crippen LogP contribution in [0.15, 0.2) is 15.2 Å². The lowest BCUT2D eigenvalue weighted by molar-refractivity contribution is -0.131. The van der Waals surface area contributed by atoms with Crippen LogP contribution in [0.3, 0.4) is 0 Å². The molecule has 0 unspecified atom stereocenters. The van der Waals surface area contributed by atoms with Gasteiger partial charge in [0, 0.05) is 26.1 Å². The first-order chi connectivity index (χ1) is 8.56. The fourth-order valence-electron chi connectivity index (χ4n) is 2.49. The molecule has 1 aliphatic rings. The second-order valence-corrected chi connectivity index (χ2v) is 7.36. The van der Waals surface area contributed by atoms with E-state index in [4.69, 9.17) is 5.73 Å². The highest BCUT2D eigenvalue weighted by Gasteiger charge is 2.27. The Morgan fingerprint density at radius 2 is 2.32 bits per heavy atom. The van der Waals surface area contributed by atoms with E-state index < -0.39 is 0 Å². The summed E-state index contributed by atoms with van der Waals surface area (Å²) in [6.07, 6.45) is 3.94. The molecule has 1 fully saturated rings. The number of amides is 1. The van der Waals surface area contributed by atoms with Gasteiger partial charge in [-0.1, -0.05) is 6.42 Å². The Bertz CT molecular complexity index is 427. The van der Waals surface area contributed by atoms with Crippen LogP contribution in [0.4, 0.5) is 0 Å². The first kappa shape index (κ1) is 17.0. The van der Waals surface area contributed by atoms with Crippen LogP contribution in [-0.4, -0.2) is 23.9 Å². The van der Waals surface area contributed by atoms with E-state index in [-0.39, 0.29) is 24.4 Å². The maximum Gasteiger partial charge on any atom is 0.222 e. The lowest BCUT2D eigenvalue weighted by atomic mass is 9.99.